The number of anilines is 1. The molecule has 0 saturated carbocycles. The monoisotopic (exact) mass is 366 g/mol. The number of nitrogens with one attached hydrogen (secondary N) is 1. The van der Waals surface area contributed by atoms with Crippen molar-refractivity contribution >= 4 is 11.6 Å². The number of likely N-dealkylation sites (tertiary alicyclic amines) is 1. The van der Waals surface area contributed by atoms with Crippen LogP contribution in [-0.2, 0) is 17.8 Å². The van der Waals surface area contributed by atoms with E-state index < -0.39 is 0 Å². The molecule has 0 spiro atoms. The molecule has 3 rings (SSSR count). The van der Waals surface area contributed by atoms with Crippen LogP contribution < -0.4 is 10.1 Å². The standard InChI is InChI=1S/C23H30N2O2/c1-3-20-6-4-5-7-22(20)27-17-23(26)24-21-10-8-19(9-11-21)16-25-14-12-18(2)13-15-25/h4-11,18H,3,12-17H2,1-2H3,(H,24,26). The summed E-state index contributed by atoms with van der Waals surface area (Å²) in [6.07, 6.45) is 3.46. The molecule has 4 heteroatoms. The van der Waals surface area contributed by atoms with Gasteiger partial charge in [0.15, 0.2) is 6.61 Å². The minimum atomic E-state index is -0.140. The highest BCUT2D eigenvalue weighted by Crippen LogP contribution is 2.20. The molecule has 1 amide bonds. The number of carbonyl (C=O) groups is 1. The summed E-state index contributed by atoms with van der Waals surface area (Å²) >= 11 is 0. The van der Waals surface area contributed by atoms with Crippen molar-refractivity contribution in [3.05, 3.63) is 59.7 Å². The van der Waals surface area contributed by atoms with Gasteiger partial charge in [-0.2, -0.15) is 0 Å². The van der Waals surface area contributed by atoms with Gasteiger partial charge in [-0.05, 0) is 67.6 Å². The Bertz CT molecular complexity index is 734. The minimum absolute atomic E-state index is 0.0186. The van der Waals surface area contributed by atoms with Crippen molar-refractivity contribution in [2.45, 2.75) is 39.7 Å². The third-order valence-corrected chi connectivity index (χ3v) is 5.23. The Labute approximate surface area is 162 Å². The van der Waals surface area contributed by atoms with E-state index in [0.717, 1.165) is 35.9 Å². The summed E-state index contributed by atoms with van der Waals surface area (Å²) in [4.78, 5) is 14.7. The first-order chi connectivity index (χ1) is 13.1. The Morgan fingerprint density at radius 1 is 1.11 bits per heavy atom. The van der Waals surface area contributed by atoms with Crippen molar-refractivity contribution in [1.82, 2.24) is 4.90 Å². The van der Waals surface area contributed by atoms with E-state index in [9.17, 15) is 4.79 Å². The van der Waals surface area contributed by atoms with Gasteiger partial charge in [0.2, 0.25) is 0 Å². The van der Waals surface area contributed by atoms with E-state index in [2.05, 4.69) is 36.2 Å². The summed E-state index contributed by atoms with van der Waals surface area (Å²) in [5.74, 6) is 1.49. The van der Waals surface area contributed by atoms with E-state index in [1.165, 1.54) is 31.5 Å². The van der Waals surface area contributed by atoms with Crippen LogP contribution >= 0.6 is 0 Å². The van der Waals surface area contributed by atoms with E-state index >= 15 is 0 Å². The highest BCUT2D eigenvalue weighted by molar-refractivity contribution is 5.91. The lowest BCUT2D eigenvalue weighted by Crippen LogP contribution is -2.32. The van der Waals surface area contributed by atoms with E-state index in [1.807, 2.05) is 36.4 Å². The molecule has 2 aromatic carbocycles. The summed E-state index contributed by atoms with van der Waals surface area (Å²) < 4.78 is 5.68. The molecule has 0 unspecified atom stereocenters. The summed E-state index contributed by atoms with van der Waals surface area (Å²) in [6, 6.07) is 16.0. The molecule has 0 aliphatic carbocycles. The smallest absolute Gasteiger partial charge is 0.262 e. The fourth-order valence-corrected chi connectivity index (χ4v) is 3.45. The number of aryl methyl sites for hydroxylation is 1. The zero-order valence-electron chi connectivity index (χ0n) is 16.4. The molecule has 4 nitrogen and oxygen atoms in total. The number of hydrogen-bond acceptors (Lipinski definition) is 3. The fourth-order valence-electron chi connectivity index (χ4n) is 3.45. The Hall–Kier alpha value is -2.33. The van der Waals surface area contributed by atoms with Crippen molar-refractivity contribution in [1.29, 1.82) is 0 Å². The molecule has 0 aromatic heterocycles. The first kappa shape index (κ1) is 19.4. The van der Waals surface area contributed by atoms with E-state index in [-0.39, 0.29) is 12.5 Å². The Morgan fingerprint density at radius 3 is 2.52 bits per heavy atom. The second-order valence-electron chi connectivity index (χ2n) is 7.45. The second-order valence-corrected chi connectivity index (χ2v) is 7.45. The van der Waals surface area contributed by atoms with Gasteiger partial charge in [0.25, 0.3) is 5.91 Å². The fraction of sp³-hybridized carbons (Fsp3) is 0.435. The number of nitrogens with zero attached hydrogens (tertiary/aromatic N) is 1. The highest BCUT2D eigenvalue weighted by atomic mass is 16.5. The molecule has 2 aromatic rings. The molecule has 0 atom stereocenters. The lowest BCUT2D eigenvalue weighted by Gasteiger charge is -2.30. The topological polar surface area (TPSA) is 41.6 Å². The number of para-hydroxylation sites is 1. The number of benzene rings is 2. The minimum Gasteiger partial charge on any atom is -0.483 e. The number of carbonyl (C=O) groups excluding carboxylic acids is 1. The summed E-state index contributed by atoms with van der Waals surface area (Å²) in [5, 5.41) is 2.91. The van der Waals surface area contributed by atoms with Crippen molar-refractivity contribution in [2.24, 2.45) is 5.92 Å². The predicted octanol–water partition coefficient (Wildman–Crippen LogP) is 4.50. The number of ether oxygens (including phenoxy) is 1. The van der Waals surface area contributed by atoms with E-state index in [4.69, 9.17) is 4.74 Å². The van der Waals surface area contributed by atoms with Crippen LogP contribution in [-0.4, -0.2) is 30.5 Å². The predicted molar refractivity (Wildman–Crippen MR) is 110 cm³/mol. The first-order valence-electron chi connectivity index (χ1n) is 9.96. The molecule has 1 aliphatic rings. The molecule has 27 heavy (non-hydrogen) atoms. The molecule has 144 valence electrons. The zero-order valence-corrected chi connectivity index (χ0v) is 16.4. The molecular formula is C23H30N2O2. The van der Waals surface area contributed by atoms with Gasteiger partial charge in [0.05, 0.1) is 0 Å². The Balaban J connectivity index is 1.47. The maximum Gasteiger partial charge on any atom is 0.262 e. The van der Waals surface area contributed by atoms with E-state index in [1.54, 1.807) is 0 Å². The molecule has 0 bridgehead atoms. The molecule has 1 saturated heterocycles. The van der Waals surface area contributed by atoms with Gasteiger partial charge in [0.1, 0.15) is 5.75 Å². The number of rotatable bonds is 7. The van der Waals surface area contributed by atoms with Crippen molar-refractivity contribution < 1.29 is 9.53 Å². The first-order valence-corrected chi connectivity index (χ1v) is 9.96. The molecular weight excluding hydrogens is 336 g/mol. The Morgan fingerprint density at radius 2 is 1.81 bits per heavy atom. The van der Waals surface area contributed by atoms with Gasteiger partial charge < -0.3 is 10.1 Å². The van der Waals surface area contributed by atoms with Gasteiger partial charge in [-0.25, -0.2) is 0 Å². The molecule has 1 N–H and O–H groups in total. The lowest BCUT2D eigenvalue weighted by molar-refractivity contribution is -0.118. The molecule has 1 heterocycles. The van der Waals surface area contributed by atoms with Crippen LogP contribution in [0.1, 0.15) is 37.8 Å². The highest BCUT2D eigenvalue weighted by Gasteiger charge is 2.15. The van der Waals surface area contributed by atoms with Gasteiger partial charge in [-0.15, -0.1) is 0 Å². The molecule has 0 radical (unpaired) electrons. The van der Waals surface area contributed by atoms with Crippen molar-refractivity contribution in [3.8, 4) is 5.75 Å². The van der Waals surface area contributed by atoms with Crippen molar-refractivity contribution in [2.75, 3.05) is 25.0 Å². The molecule has 1 aliphatic heterocycles. The van der Waals surface area contributed by atoms with Gasteiger partial charge >= 0.3 is 0 Å². The maximum atomic E-state index is 12.2. The van der Waals surface area contributed by atoms with Crippen LogP contribution in [0.4, 0.5) is 5.69 Å². The van der Waals surface area contributed by atoms with Gasteiger partial charge in [-0.1, -0.05) is 44.2 Å². The number of hydrogen-bond donors (Lipinski definition) is 1. The van der Waals surface area contributed by atoms with Crippen LogP contribution in [0, 0.1) is 5.92 Å². The number of amides is 1. The Kier molecular flexibility index (Phi) is 6.88. The van der Waals surface area contributed by atoms with Crippen molar-refractivity contribution in [3.63, 3.8) is 0 Å². The van der Waals surface area contributed by atoms with Crippen LogP contribution in [0.25, 0.3) is 0 Å². The van der Waals surface area contributed by atoms with Crippen LogP contribution in [0.15, 0.2) is 48.5 Å². The average molecular weight is 367 g/mol. The zero-order chi connectivity index (χ0) is 19.1. The quantitative estimate of drug-likeness (QED) is 0.784. The van der Waals surface area contributed by atoms with Gasteiger partial charge in [-0.3, -0.25) is 9.69 Å². The van der Waals surface area contributed by atoms with Crippen LogP contribution in [0.3, 0.4) is 0 Å². The van der Waals surface area contributed by atoms with Gasteiger partial charge in [0, 0.05) is 12.2 Å². The summed E-state index contributed by atoms with van der Waals surface area (Å²) in [7, 11) is 0. The summed E-state index contributed by atoms with van der Waals surface area (Å²) in [6.45, 7) is 7.77. The maximum absolute atomic E-state index is 12.2. The second kappa shape index (κ2) is 9.56. The van der Waals surface area contributed by atoms with Crippen LogP contribution in [0.5, 0.6) is 5.75 Å². The normalized spacial score (nSPS) is 15.5. The lowest BCUT2D eigenvalue weighted by atomic mass is 9.99. The van der Waals surface area contributed by atoms with Crippen LogP contribution in [0.2, 0.25) is 0 Å². The van der Waals surface area contributed by atoms with E-state index in [0.29, 0.717) is 0 Å². The SMILES string of the molecule is CCc1ccccc1OCC(=O)Nc1ccc(CN2CCC(C)CC2)cc1. The number of piperidine rings is 1. The third kappa shape index (κ3) is 5.83. The average Bonchev–Trinajstić information content (AvgIpc) is 2.70. The molecule has 1 fully saturated rings. The summed E-state index contributed by atoms with van der Waals surface area (Å²) in [5.41, 5.74) is 3.21. The third-order valence-electron chi connectivity index (χ3n) is 5.23. The largest absolute Gasteiger partial charge is 0.483 e.